The Morgan fingerprint density at radius 3 is 2.56 bits per heavy atom. The van der Waals surface area contributed by atoms with Crippen LogP contribution < -0.4 is 0 Å². The molecule has 0 atom stereocenters. The Balaban J connectivity index is 2.25. The lowest BCUT2D eigenvalue weighted by atomic mass is 10.2. The third-order valence-corrected chi connectivity index (χ3v) is 4.84. The van der Waals surface area contributed by atoms with Crippen LogP contribution in [0.4, 0.5) is 0 Å². The minimum Gasteiger partial charge on any atom is -0.461 e. The molecule has 1 heterocycles. The lowest BCUT2D eigenvalue weighted by Gasteiger charge is -2.09. The highest BCUT2D eigenvalue weighted by Gasteiger charge is 2.25. The molecular weight excluding hydrogens is 427 g/mol. The molecule has 2 aromatic carbocycles. The molecule has 0 unspecified atom stereocenters. The van der Waals surface area contributed by atoms with Crippen LogP contribution in [0.3, 0.4) is 0 Å². The van der Waals surface area contributed by atoms with E-state index in [0.29, 0.717) is 20.5 Å². The number of aromatic nitrogens is 2. The third kappa shape index (κ3) is 3.59. The van der Waals surface area contributed by atoms with E-state index in [4.69, 9.17) is 27.9 Å². The first-order valence-electron chi connectivity index (χ1n) is 7.50. The van der Waals surface area contributed by atoms with Crippen LogP contribution in [0.5, 0.6) is 0 Å². The highest BCUT2D eigenvalue weighted by atomic mass is 79.9. The van der Waals surface area contributed by atoms with Crippen molar-refractivity contribution in [1.82, 2.24) is 9.55 Å². The van der Waals surface area contributed by atoms with Crippen LogP contribution in [0.1, 0.15) is 17.4 Å². The summed E-state index contributed by atoms with van der Waals surface area (Å²) >= 11 is 14.9. The molecule has 4 nitrogen and oxygen atoms in total. The van der Waals surface area contributed by atoms with Crippen LogP contribution in [-0.2, 0) is 4.74 Å². The average Bonchev–Trinajstić information content (AvgIpc) is 2.94. The molecule has 3 aromatic rings. The zero-order valence-corrected chi connectivity index (χ0v) is 16.4. The van der Waals surface area contributed by atoms with Crippen LogP contribution in [0, 0.1) is 11.6 Å². The summed E-state index contributed by atoms with van der Waals surface area (Å²) in [6.45, 7) is 2.02. The predicted molar refractivity (Wildman–Crippen MR) is 98.2 cm³/mol. The van der Waals surface area contributed by atoms with Crippen molar-refractivity contribution >= 4 is 33.5 Å². The zero-order valence-electron chi connectivity index (χ0n) is 13.2. The lowest BCUT2D eigenvalue weighted by molar-refractivity contribution is -0.287. The third-order valence-electron chi connectivity index (χ3n) is 3.50. The van der Waals surface area contributed by atoms with E-state index in [1.54, 1.807) is 19.1 Å². The van der Waals surface area contributed by atoms with E-state index in [0.717, 1.165) is 11.3 Å². The van der Waals surface area contributed by atoms with Gasteiger partial charge in [-0.05, 0) is 53.2 Å². The molecule has 0 N–H and O–H groups in total. The molecule has 1 aromatic heterocycles. The number of rotatable bonds is 4. The van der Waals surface area contributed by atoms with Gasteiger partial charge in [0, 0.05) is 16.8 Å². The summed E-state index contributed by atoms with van der Waals surface area (Å²) in [5, 5.41) is 1.27. The number of nitrogens with zero attached hydrogens (tertiary/aromatic N) is 2. The molecule has 0 aliphatic heterocycles. The smallest absolute Gasteiger partial charge is 0.359 e. The molecule has 0 aliphatic carbocycles. The lowest BCUT2D eigenvalue weighted by Crippen LogP contribution is -2.06. The normalized spacial score (nSPS) is 10.7. The van der Waals surface area contributed by atoms with E-state index >= 15 is 0 Å². The van der Waals surface area contributed by atoms with Crippen molar-refractivity contribution in [1.29, 1.82) is 0 Å². The van der Waals surface area contributed by atoms with Gasteiger partial charge in [-0.25, -0.2) is 9.78 Å². The van der Waals surface area contributed by atoms with Gasteiger partial charge in [0.25, 0.3) is 0 Å². The minimum absolute atomic E-state index is 0.199. The summed E-state index contributed by atoms with van der Waals surface area (Å²) in [6, 6.07) is 14.7. The molecule has 0 radical (unpaired) electrons. The van der Waals surface area contributed by atoms with Crippen LogP contribution >= 0.6 is 27.5 Å². The molecule has 0 aliphatic rings. The monoisotopic (exact) mass is 439 g/mol. The molecular formula is C18H14BrCl2N2O2+. The zero-order chi connectivity index (χ0) is 18.0. The van der Waals surface area contributed by atoms with E-state index in [1.807, 2.05) is 41.0 Å². The van der Waals surface area contributed by atoms with Gasteiger partial charge in [-0.1, -0.05) is 23.7 Å². The summed E-state index contributed by atoms with van der Waals surface area (Å²) in [7, 11) is 0. The maximum absolute atomic E-state index is 12.3. The number of esters is 1. The quantitative estimate of drug-likeness (QED) is 0.546. The minimum atomic E-state index is -0.495. The van der Waals surface area contributed by atoms with Gasteiger partial charge in [-0.3, -0.25) is 4.57 Å². The van der Waals surface area contributed by atoms with Crippen molar-refractivity contribution in [2.24, 2.45) is 0 Å². The SMILES string of the molecule is CCOC(=O)c1nc(-c2ccccc2[ClH+])n(-c2ccc(Cl)cc2)c1Br. The van der Waals surface area contributed by atoms with Gasteiger partial charge in [-0.15, -0.1) is 0 Å². The predicted octanol–water partition coefficient (Wildman–Crippen LogP) is 4.83. The number of carbonyl (C=O) groups is 1. The average molecular weight is 441 g/mol. The summed E-state index contributed by atoms with van der Waals surface area (Å²) < 4.78 is 7.42. The molecule has 0 bridgehead atoms. The maximum atomic E-state index is 12.3. The number of hydrogen-bond acceptors (Lipinski definition) is 3. The van der Waals surface area contributed by atoms with E-state index in [9.17, 15) is 4.79 Å². The van der Waals surface area contributed by atoms with Crippen LogP contribution in [-0.4, -0.2) is 22.1 Å². The van der Waals surface area contributed by atoms with Crippen LogP contribution in [0.25, 0.3) is 17.1 Å². The molecule has 0 saturated carbocycles. The molecule has 3 rings (SSSR count). The summed E-state index contributed by atoms with van der Waals surface area (Å²) in [6.07, 6.45) is 0. The first-order chi connectivity index (χ1) is 12.0. The van der Waals surface area contributed by atoms with Gasteiger partial charge in [0.2, 0.25) is 5.02 Å². The Kier molecular flexibility index (Phi) is 5.47. The first kappa shape index (κ1) is 18.0. The van der Waals surface area contributed by atoms with Crippen molar-refractivity contribution in [3.8, 4) is 17.1 Å². The second-order valence-corrected chi connectivity index (χ2v) is 6.73. The fourth-order valence-electron chi connectivity index (χ4n) is 2.39. The highest BCUT2D eigenvalue weighted by molar-refractivity contribution is 9.10. The van der Waals surface area contributed by atoms with Gasteiger partial charge in [0.05, 0.1) is 12.2 Å². The number of imidazole rings is 1. The number of hydrogen-bond donors (Lipinski definition) is 0. The Labute approximate surface area is 163 Å². The Morgan fingerprint density at radius 2 is 1.92 bits per heavy atom. The first-order valence-corrected chi connectivity index (χ1v) is 9.08. The molecule has 0 fully saturated rings. The summed E-state index contributed by atoms with van der Waals surface area (Å²) in [5.41, 5.74) is 1.75. The summed E-state index contributed by atoms with van der Waals surface area (Å²) in [5.74, 6) is 0.0630. The largest absolute Gasteiger partial charge is 0.461 e. The van der Waals surface area contributed by atoms with Gasteiger partial charge in [0.15, 0.2) is 23.1 Å². The Morgan fingerprint density at radius 1 is 1.24 bits per heavy atom. The van der Waals surface area contributed by atoms with Gasteiger partial charge in [-0.2, -0.15) is 0 Å². The fourth-order valence-corrected chi connectivity index (χ4v) is 3.38. The van der Waals surface area contributed by atoms with Gasteiger partial charge >= 0.3 is 5.97 Å². The second-order valence-electron chi connectivity index (χ2n) is 5.10. The van der Waals surface area contributed by atoms with Crippen LogP contribution in [0.2, 0.25) is 10.0 Å². The molecule has 0 spiro atoms. The Hall–Kier alpha value is -1.82. The summed E-state index contributed by atoms with van der Waals surface area (Å²) in [4.78, 5) is 16.8. The number of benzene rings is 2. The van der Waals surface area contributed by atoms with Crippen molar-refractivity contribution in [2.45, 2.75) is 6.92 Å². The van der Waals surface area contributed by atoms with Gasteiger partial charge < -0.3 is 4.74 Å². The van der Waals surface area contributed by atoms with Crippen molar-refractivity contribution in [2.75, 3.05) is 6.61 Å². The number of halogens is 3. The standard InChI is InChI=1S/C18H14BrCl2N2O2/c1-2-25-18(24)15-16(19)23(12-9-7-11(20)8-10-12)17(22-15)13-5-3-4-6-14(13)21/h3-10,21H,2H2,1H3/q+1. The maximum Gasteiger partial charge on any atom is 0.359 e. The van der Waals surface area contributed by atoms with Crippen LogP contribution in [0.15, 0.2) is 53.1 Å². The topological polar surface area (TPSA) is 44.1 Å². The van der Waals surface area contributed by atoms with E-state index in [1.165, 1.54) is 0 Å². The number of ether oxygens (including phenoxy) is 1. The molecule has 0 amide bonds. The fraction of sp³-hybridized carbons (Fsp3) is 0.111. The van der Waals surface area contributed by atoms with Crippen molar-refractivity contribution in [3.05, 3.63) is 68.9 Å². The van der Waals surface area contributed by atoms with E-state index in [2.05, 4.69) is 20.9 Å². The number of carbonyl (C=O) groups excluding carboxylic acids is 1. The highest BCUT2D eigenvalue weighted by Crippen LogP contribution is 2.33. The van der Waals surface area contributed by atoms with Crippen molar-refractivity contribution in [3.63, 3.8) is 0 Å². The molecule has 25 heavy (non-hydrogen) atoms. The van der Waals surface area contributed by atoms with Crippen molar-refractivity contribution < 1.29 is 21.1 Å². The second kappa shape index (κ2) is 7.60. The molecule has 7 heteroatoms. The van der Waals surface area contributed by atoms with E-state index < -0.39 is 5.97 Å². The van der Waals surface area contributed by atoms with Gasteiger partial charge in [0.1, 0.15) is 4.60 Å². The molecule has 0 saturated heterocycles. The van der Waals surface area contributed by atoms with E-state index in [-0.39, 0.29) is 12.3 Å². The molecule has 128 valence electrons. The Bertz CT molecular complexity index is 923.